The molecular weight excluding hydrogens is 360 g/mol. The summed E-state index contributed by atoms with van der Waals surface area (Å²) in [5.41, 5.74) is 1.98. The van der Waals surface area contributed by atoms with Gasteiger partial charge in [0.15, 0.2) is 11.5 Å². The molecule has 6 heteroatoms. The summed E-state index contributed by atoms with van der Waals surface area (Å²) in [5.74, 6) is 1.48. The first-order valence-electron chi connectivity index (χ1n) is 7.35. The van der Waals surface area contributed by atoms with Gasteiger partial charge in [-0.1, -0.05) is 28.1 Å². The van der Waals surface area contributed by atoms with Gasteiger partial charge in [0.2, 0.25) is 12.7 Å². The Bertz CT molecular complexity index is 706. The van der Waals surface area contributed by atoms with Crippen LogP contribution in [0.1, 0.15) is 12.0 Å². The van der Waals surface area contributed by atoms with Crippen LogP contribution in [-0.4, -0.2) is 19.2 Å². The molecule has 0 aromatic heterocycles. The lowest BCUT2D eigenvalue weighted by Gasteiger charge is -2.08. The molecule has 0 saturated carbocycles. The van der Waals surface area contributed by atoms with E-state index < -0.39 is 0 Å². The van der Waals surface area contributed by atoms with E-state index in [4.69, 9.17) is 9.47 Å². The number of amides is 1. The highest BCUT2D eigenvalue weighted by Gasteiger charge is 2.13. The molecule has 0 atom stereocenters. The standard InChI is InChI=1S/C17H17BrN2O3/c18-13-2-1-3-14(9-13)19-7-6-17(21)20-10-12-4-5-15-16(8-12)23-11-22-15/h1-5,8-9,19H,6-7,10-11H2,(H,20,21). The van der Waals surface area contributed by atoms with E-state index in [9.17, 15) is 4.79 Å². The molecule has 1 heterocycles. The van der Waals surface area contributed by atoms with Gasteiger partial charge in [-0.2, -0.15) is 0 Å². The van der Waals surface area contributed by atoms with Crippen LogP contribution in [0.15, 0.2) is 46.9 Å². The number of hydrogen-bond donors (Lipinski definition) is 2. The topological polar surface area (TPSA) is 59.6 Å². The first kappa shape index (κ1) is 15.7. The van der Waals surface area contributed by atoms with E-state index in [0.717, 1.165) is 27.2 Å². The largest absolute Gasteiger partial charge is 0.454 e. The molecular formula is C17H17BrN2O3. The van der Waals surface area contributed by atoms with E-state index in [1.807, 2.05) is 42.5 Å². The van der Waals surface area contributed by atoms with E-state index in [2.05, 4.69) is 26.6 Å². The fraction of sp³-hybridized carbons (Fsp3) is 0.235. The summed E-state index contributed by atoms with van der Waals surface area (Å²) in [6.45, 7) is 1.32. The summed E-state index contributed by atoms with van der Waals surface area (Å²) in [5, 5.41) is 6.12. The molecule has 0 spiro atoms. The second-order valence-corrected chi connectivity index (χ2v) is 6.07. The number of halogens is 1. The van der Waals surface area contributed by atoms with Crippen LogP contribution in [-0.2, 0) is 11.3 Å². The lowest BCUT2D eigenvalue weighted by Crippen LogP contribution is -2.24. The zero-order valence-corrected chi connectivity index (χ0v) is 14.1. The van der Waals surface area contributed by atoms with Gasteiger partial charge in [-0.3, -0.25) is 4.79 Å². The fourth-order valence-electron chi connectivity index (χ4n) is 2.26. The van der Waals surface area contributed by atoms with Gasteiger partial charge in [0.25, 0.3) is 0 Å². The lowest BCUT2D eigenvalue weighted by atomic mass is 10.2. The van der Waals surface area contributed by atoms with Crippen molar-refractivity contribution in [3.8, 4) is 11.5 Å². The number of anilines is 1. The third-order valence-corrected chi connectivity index (χ3v) is 3.93. The Morgan fingerprint density at radius 3 is 2.87 bits per heavy atom. The molecule has 0 unspecified atom stereocenters. The molecule has 0 radical (unpaired) electrons. The minimum atomic E-state index is 0.00478. The molecule has 2 aromatic carbocycles. The highest BCUT2D eigenvalue weighted by molar-refractivity contribution is 9.10. The van der Waals surface area contributed by atoms with E-state index in [0.29, 0.717) is 19.5 Å². The minimum Gasteiger partial charge on any atom is -0.454 e. The second-order valence-electron chi connectivity index (χ2n) is 5.15. The average Bonchev–Trinajstić information content (AvgIpc) is 3.00. The number of ether oxygens (including phenoxy) is 2. The Morgan fingerprint density at radius 2 is 2.00 bits per heavy atom. The highest BCUT2D eigenvalue weighted by atomic mass is 79.9. The van der Waals surface area contributed by atoms with Gasteiger partial charge in [0.05, 0.1) is 0 Å². The van der Waals surface area contributed by atoms with E-state index in [-0.39, 0.29) is 12.7 Å². The second kappa shape index (κ2) is 7.37. The van der Waals surface area contributed by atoms with Crippen LogP contribution >= 0.6 is 15.9 Å². The predicted octanol–water partition coefficient (Wildman–Crippen LogP) is 3.30. The number of hydrogen-bond acceptors (Lipinski definition) is 4. The number of nitrogens with one attached hydrogen (secondary N) is 2. The molecule has 0 bridgehead atoms. The fourth-order valence-corrected chi connectivity index (χ4v) is 2.66. The van der Waals surface area contributed by atoms with E-state index in [1.165, 1.54) is 0 Å². The third kappa shape index (κ3) is 4.39. The Kier molecular flexibility index (Phi) is 5.02. The summed E-state index contributed by atoms with van der Waals surface area (Å²) in [7, 11) is 0. The maximum atomic E-state index is 11.9. The number of rotatable bonds is 6. The number of carbonyl (C=O) groups is 1. The van der Waals surface area contributed by atoms with Gasteiger partial charge in [-0.05, 0) is 35.9 Å². The molecule has 120 valence electrons. The van der Waals surface area contributed by atoms with E-state index in [1.54, 1.807) is 0 Å². The molecule has 1 aliphatic heterocycles. The zero-order chi connectivity index (χ0) is 16.1. The Balaban J connectivity index is 1.41. The SMILES string of the molecule is O=C(CCNc1cccc(Br)c1)NCc1ccc2c(c1)OCO2. The van der Waals surface area contributed by atoms with Crippen molar-refractivity contribution in [2.75, 3.05) is 18.7 Å². The van der Waals surface area contributed by atoms with Gasteiger partial charge >= 0.3 is 0 Å². The molecule has 0 aliphatic carbocycles. The molecule has 0 saturated heterocycles. The third-order valence-electron chi connectivity index (χ3n) is 3.43. The first-order valence-corrected chi connectivity index (χ1v) is 8.15. The van der Waals surface area contributed by atoms with Crippen LogP contribution in [0.3, 0.4) is 0 Å². The summed E-state index contributed by atoms with van der Waals surface area (Å²) >= 11 is 3.42. The average molecular weight is 377 g/mol. The van der Waals surface area contributed by atoms with Gasteiger partial charge in [0, 0.05) is 29.7 Å². The highest BCUT2D eigenvalue weighted by Crippen LogP contribution is 2.32. The molecule has 23 heavy (non-hydrogen) atoms. The maximum absolute atomic E-state index is 11.9. The predicted molar refractivity (Wildman–Crippen MR) is 91.7 cm³/mol. The molecule has 1 amide bonds. The van der Waals surface area contributed by atoms with Crippen molar-refractivity contribution >= 4 is 27.5 Å². The minimum absolute atomic E-state index is 0.00478. The van der Waals surface area contributed by atoms with Crippen molar-refractivity contribution in [2.24, 2.45) is 0 Å². The van der Waals surface area contributed by atoms with Gasteiger partial charge in [-0.25, -0.2) is 0 Å². The van der Waals surface area contributed by atoms with Crippen molar-refractivity contribution in [3.63, 3.8) is 0 Å². The first-order chi connectivity index (χ1) is 11.2. The smallest absolute Gasteiger partial charge is 0.231 e. The monoisotopic (exact) mass is 376 g/mol. The molecule has 2 N–H and O–H groups in total. The van der Waals surface area contributed by atoms with Crippen molar-refractivity contribution in [1.29, 1.82) is 0 Å². The van der Waals surface area contributed by atoms with Crippen LogP contribution in [0.5, 0.6) is 11.5 Å². The van der Waals surface area contributed by atoms with Crippen molar-refractivity contribution in [2.45, 2.75) is 13.0 Å². The Labute approximate surface area is 143 Å². The normalized spacial score (nSPS) is 12.0. The van der Waals surface area contributed by atoms with Crippen molar-refractivity contribution in [3.05, 3.63) is 52.5 Å². The van der Waals surface area contributed by atoms with Crippen LogP contribution in [0, 0.1) is 0 Å². The van der Waals surface area contributed by atoms with Crippen molar-refractivity contribution in [1.82, 2.24) is 5.32 Å². The van der Waals surface area contributed by atoms with Crippen LogP contribution < -0.4 is 20.1 Å². The summed E-state index contributed by atoms with van der Waals surface area (Å²) in [6.07, 6.45) is 0.414. The van der Waals surface area contributed by atoms with Crippen molar-refractivity contribution < 1.29 is 14.3 Å². The summed E-state index contributed by atoms with van der Waals surface area (Å²) in [6, 6.07) is 13.5. The van der Waals surface area contributed by atoms with Crippen LogP contribution in [0.25, 0.3) is 0 Å². The molecule has 3 rings (SSSR count). The van der Waals surface area contributed by atoms with Gasteiger partial charge in [0.1, 0.15) is 0 Å². The zero-order valence-electron chi connectivity index (χ0n) is 12.5. The van der Waals surface area contributed by atoms with E-state index >= 15 is 0 Å². The molecule has 0 fully saturated rings. The summed E-state index contributed by atoms with van der Waals surface area (Å²) in [4.78, 5) is 11.9. The number of fused-ring (bicyclic) bond motifs is 1. The molecule has 2 aromatic rings. The molecule has 1 aliphatic rings. The van der Waals surface area contributed by atoms with Gasteiger partial charge in [-0.15, -0.1) is 0 Å². The van der Waals surface area contributed by atoms with Crippen LogP contribution in [0.4, 0.5) is 5.69 Å². The maximum Gasteiger partial charge on any atom is 0.231 e. The lowest BCUT2D eigenvalue weighted by molar-refractivity contribution is -0.121. The molecule has 5 nitrogen and oxygen atoms in total. The Morgan fingerprint density at radius 1 is 1.13 bits per heavy atom. The van der Waals surface area contributed by atoms with Crippen LogP contribution in [0.2, 0.25) is 0 Å². The van der Waals surface area contributed by atoms with Gasteiger partial charge < -0.3 is 20.1 Å². The number of carbonyl (C=O) groups excluding carboxylic acids is 1. The quantitative estimate of drug-likeness (QED) is 0.811. The Hall–Kier alpha value is -2.21. The summed E-state index contributed by atoms with van der Waals surface area (Å²) < 4.78 is 11.6. The number of benzene rings is 2.